The predicted octanol–water partition coefficient (Wildman–Crippen LogP) is 0.753. The van der Waals surface area contributed by atoms with Gasteiger partial charge in [0.25, 0.3) is 5.91 Å². The summed E-state index contributed by atoms with van der Waals surface area (Å²) >= 11 is 0. The minimum atomic E-state index is -3.26. The summed E-state index contributed by atoms with van der Waals surface area (Å²) in [5, 5.41) is 2.79. The van der Waals surface area contributed by atoms with Gasteiger partial charge in [-0.2, -0.15) is 0 Å². The van der Waals surface area contributed by atoms with Crippen molar-refractivity contribution in [2.75, 3.05) is 19.9 Å². The number of sulfonamides is 1. The highest BCUT2D eigenvalue weighted by molar-refractivity contribution is 7.88. The molecule has 0 saturated heterocycles. The van der Waals surface area contributed by atoms with Crippen LogP contribution in [0.5, 0.6) is 5.75 Å². The molecular formula is C13H20N2O4S. The van der Waals surface area contributed by atoms with Crippen molar-refractivity contribution in [3.63, 3.8) is 0 Å². The van der Waals surface area contributed by atoms with Crippen LogP contribution in [-0.4, -0.2) is 40.3 Å². The normalized spacial score (nSPS) is 12.8. The molecule has 20 heavy (non-hydrogen) atoms. The highest BCUT2D eigenvalue weighted by Gasteiger charge is 2.14. The third kappa shape index (κ3) is 5.58. The number of nitrogens with one attached hydrogen (secondary N) is 2. The first kappa shape index (κ1) is 16.5. The minimum Gasteiger partial charge on any atom is -0.497 e. The Bertz CT molecular complexity index is 557. The van der Waals surface area contributed by atoms with E-state index in [0.717, 1.165) is 6.26 Å². The smallest absolute Gasteiger partial charge is 0.251 e. The summed E-state index contributed by atoms with van der Waals surface area (Å²) in [5.74, 6) is 0.339. The summed E-state index contributed by atoms with van der Waals surface area (Å²) in [7, 11) is -1.73. The van der Waals surface area contributed by atoms with Crippen molar-refractivity contribution in [1.29, 1.82) is 0 Å². The number of carbonyl (C=O) groups is 1. The van der Waals surface area contributed by atoms with Crippen LogP contribution in [0.4, 0.5) is 0 Å². The zero-order valence-electron chi connectivity index (χ0n) is 11.8. The lowest BCUT2D eigenvalue weighted by Crippen LogP contribution is -2.43. The van der Waals surface area contributed by atoms with Crippen LogP contribution < -0.4 is 14.8 Å². The Kier molecular flexibility index (Phi) is 5.97. The van der Waals surface area contributed by atoms with Crippen molar-refractivity contribution in [2.45, 2.75) is 19.4 Å². The van der Waals surface area contributed by atoms with Crippen LogP contribution in [0.15, 0.2) is 24.3 Å². The highest BCUT2D eigenvalue weighted by atomic mass is 32.2. The number of ether oxygens (including phenoxy) is 1. The van der Waals surface area contributed by atoms with Gasteiger partial charge in [0.05, 0.1) is 13.4 Å². The van der Waals surface area contributed by atoms with Gasteiger partial charge in [-0.05, 0) is 24.6 Å². The van der Waals surface area contributed by atoms with Gasteiger partial charge in [0.2, 0.25) is 10.0 Å². The van der Waals surface area contributed by atoms with E-state index in [0.29, 0.717) is 17.7 Å². The second kappa shape index (κ2) is 7.25. The summed E-state index contributed by atoms with van der Waals surface area (Å²) in [4.78, 5) is 12.1. The first-order valence-electron chi connectivity index (χ1n) is 6.25. The predicted molar refractivity (Wildman–Crippen MR) is 77.4 cm³/mol. The van der Waals surface area contributed by atoms with Gasteiger partial charge in [0.15, 0.2) is 0 Å². The lowest BCUT2D eigenvalue weighted by Gasteiger charge is -2.17. The molecule has 1 aromatic rings. The van der Waals surface area contributed by atoms with Gasteiger partial charge in [-0.3, -0.25) is 4.79 Å². The van der Waals surface area contributed by atoms with E-state index in [1.54, 1.807) is 24.3 Å². The van der Waals surface area contributed by atoms with E-state index < -0.39 is 10.0 Å². The van der Waals surface area contributed by atoms with Crippen LogP contribution >= 0.6 is 0 Å². The first-order chi connectivity index (χ1) is 9.35. The van der Waals surface area contributed by atoms with Gasteiger partial charge >= 0.3 is 0 Å². The highest BCUT2D eigenvalue weighted by Crippen LogP contribution is 2.12. The molecule has 1 rings (SSSR count). The summed E-state index contributed by atoms with van der Waals surface area (Å²) in [6, 6.07) is 6.52. The number of carbonyl (C=O) groups excluding carboxylic acids is 1. The molecule has 0 bridgehead atoms. The van der Waals surface area contributed by atoms with Crippen LogP contribution in [0, 0.1) is 0 Å². The first-order valence-corrected chi connectivity index (χ1v) is 8.14. The summed E-state index contributed by atoms with van der Waals surface area (Å²) in [6.45, 7) is 2.05. The molecule has 1 unspecified atom stereocenters. The maximum atomic E-state index is 12.1. The fourth-order valence-corrected chi connectivity index (χ4v) is 2.09. The van der Waals surface area contributed by atoms with Crippen molar-refractivity contribution < 1.29 is 17.9 Å². The van der Waals surface area contributed by atoms with Gasteiger partial charge in [-0.25, -0.2) is 13.1 Å². The molecule has 0 aliphatic rings. The van der Waals surface area contributed by atoms with E-state index in [1.165, 1.54) is 7.11 Å². The molecule has 7 heteroatoms. The average molecular weight is 300 g/mol. The Labute approximate surface area is 119 Å². The number of amides is 1. The van der Waals surface area contributed by atoms with Gasteiger partial charge < -0.3 is 10.1 Å². The number of methoxy groups -OCH3 is 1. The fourth-order valence-electron chi connectivity index (χ4n) is 1.58. The quantitative estimate of drug-likeness (QED) is 0.778. The van der Waals surface area contributed by atoms with E-state index in [1.807, 2.05) is 6.92 Å². The van der Waals surface area contributed by atoms with Crippen LogP contribution in [0.1, 0.15) is 23.7 Å². The monoisotopic (exact) mass is 300 g/mol. The minimum absolute atomic E-state index is 0.172. The lowest BCUT2D eigenvalue weighted by molar-refractivity contribution is 0.0936. The molecule has 1 aromatic carbocycles. The number of hydrogen-bond acceptors (Lipinski definition) is 4. The second-order valence-electron chi connectivity index (χ2n) is 4.43. The molecule has 2 N–H and O–H groups in total. The summed E-state index contributed by atoms with van der Waals surface area (Å²) < 4.78 is 29.5. The molecule has 0 heterocycles. The van der Waals surface area contributed by atoms with Crippen LogP contribution in [0.2, 0.25) is 0 Å². The van der Waals surface area contributed by atoms with Crippen molar-refractivity contribution in [3.05, 3.63) is 29.8 Å². The zero-order chi connectivity index (χ0) is 15.2. The summed E-state index contributed by atoms with van der Waals surface area (Å²) in [5.41, 5.74) is 0.474. The zero-order valence-corrected chi connectivity index (χ0v) is 12.7. The molecule has 0 radical (unpaired) electrons. The van der Waals surface area contributed by atoms with Crippen molar-refractivity contribution in [2.24, 2.45) is 0 Å². The van der Waals surface area contributed by atoms with Crippen LogP contribution in [0.3, 0.4) is 0 Å². The molecule has 6 nitrogen and oxygen atoms in total. The fraction of sp³-hybridized carbons (Fsp3) is 0.462. The van der Waals surface area contributed by atoms with Gasteiger partial charge in [-0.1, -0.05) is 13.0 Å². The molecule has 0 aliphatic heterocycles. The summed E-state index contributed by atoms with van der Waals surface area (Å²) in [6.07, 6.45) is 1.71. The third-order valence-corrected chi connectivity index (χ3v) is 3.44. The number of benzene rings is 1. The molecule has 0 fully saturated rings. The van der Waals surface area contributed by atoms with E-state index >= 15 is 0 Å². The van der Waals surface area contributed by atoms with Gasteiger partial charge in [0.1, 0.15) is 5.75 Å². The molecule has 0 aromatic heterocycles. The largest absolute Gasteiger partial charge is 0.497 e. The maximum absolute atomic E-state index is 12.1. The van der Waals surface area contributed by atoms with Crippen molar-refractivity contribution >= 4 is 15.9 Å². The Morgan fingerprint density at radius 1 is 1.40 bits per heavy atom. The molecule has 0 spiro atoms. The molecule has 1 amide bonds. The van der Waals surface area contributed by atoms with Crippen molar-refractivity contribution in [3.8, 4) is 5.75 Å². The van der Waals surface area contributed by atoms with Gasteiger partial charge in [0, 0.05) is 18.2 Å². The van der Waals surface area contributed by atoms with E-state index in [2.05, 4.69) is 10.0 Å². The maximum Gasteiger partial charge on any atom is 0.251 e. The third-order valence-electron chi connectivity index (χ3n) is 2.75. The second-order valence-corrected chi connectivity index (χ2v) is 6.26. The Balaban J connectivity index is 2.66. The van der Waals surface area contributed by atoms with E-state index in [-0.39, 0.29) is 18.5 Å². The van der Waals surface area contributed by atoms with Crippen LogP contribution in [-0.2, 0) is 10.0 Å². The Morgan fingerprint density at radius 2 is 2.10 bits per heavy atom. The molecule has 112 valence electrons. The molecule has 0 aliphatic carbocycles. The SMILES string of the molecule is CCC(CNS(C)(=O)=O)NC(=O)c1cccc(OC)c1. The van der Waals surface area contributed by atoms with E-state index in [4.69, 9.17) is 4.74 Å². The molecular weight excluding hydrogens is 280 g/mol. The lowest BCUT2D eigenvalue weighted by atomic mass is 10.1. The number of hydrogen-bond donors (Lipinski definition) is 2. The van der Waals surface area contributed by atoms with Gasteiger partial charge in [-0.15, -0.1) is 0 Å². The van der Waals surface area contributed by atoms with Crippen molar-refractivity contribution in [1.82, 2.24) is 10.0 Å². The topological polar surface area (TPSA) is 84.5 Å². The molecule has 0 saturated carbocycles. The Morgan fingerprint density at radius 3 is 2.65 bits per heavy atom. The Hall–Kier alpha value is -1.60. The standard InChI is InChI=1S/C13H20N2O4S/c1-4-11(9-14-20(3,17)18)15-13(16)10-6-5-7-12(8-10)19-2/h5-8,11,14H,4,9H2,1-3H3,(H,15,16). The van der Waals surface area contributed by atoms with E-state index in [9.17, 15) is 13.2 Å². The molecule has 1 atom stereocenters. The van der Waals surface area contributed by atoms with Crippen LogP contribution in [0.25, 0.3) is 0 Å². The average Bonchev–Trinajstić information content (AvgIpc) is 2.42. The number of rotatable bonds is 7.